The monoisotopic (exact) mass is 268 g/mol. The van der Waals surface area contributed by atoms with Crippen molar-refractivity contribution < 1.29 is 4.74 Å². The predicted molar refractivity (Wildman–Crippen MR) is 80.4 cm³/mol. The summed E-state index contributed by atoms with van der Waals surface area (Å²) in [5.74, 6) is 2.51. The van der Waals surface area contributed by atoms with E-state index in [1.807, 2.05) is 7.11 Å². The lowest BCUT2D eigenvalue weighted by molar-refractivity contribution is 0.0810. The van der Waals surface area contributed by atoms with Gasteiger partial charge in [-0.05, 0) is 50.5 Å². The molecule has 2 fully saturated rings. The van der Waals surface area contributed by atoms with Crippen LogP contribution in [0.3, 0.4) is 0 Å². The van der Waals surface area contributed by atoms with E-state index in [4.69, 9.17) is 4.74 Å². The maximum atomic E-state index is 5.28. The fourth-order valence-electron chi connectivity index (χ4n) is 3.89. The van der Waals surface area contributed by atoms with Gasteiger partial charge in [-0.3, -0.25) is 4.90 Å². The van der Waals surface area contributed by atoms with E-state index >= 15 is 0 Å². The lowest BCUT2D eigenvalue weighted by Gasteiger charge is -2.42. The van der Waals surface area contributed by atoms with E-state index in [9.17, 15) is 0 Å². The van der Waals surface area contributed by atoms with Crippen LogP contribution >= 0.6 is 0 Å². The lowest BCUT2D eigenvalue weighted by atomic mass is 9.72. The summed E-state index contributed by atoms with van der Waals surface area (Å²) in [6.45, 7) is 8.09. The molecule has 1 N–H and O–H groups in total. The van der Waals surface area contributed by atoms with Gasteiger partial charge in [-0.2, -0.15) is 0 Å². The Kier molecular flexibility index (Phi) is 5.67. The van der Waals surface area contributed by atoms with Crippen molar-refractivity contribution in [3.8, 4) is 0 Å². The predicted octanol–water partition coefficient (Wildman–Crippen LogP) is 2.37. The van der Waals surface area contributed by atoms with Crippen LogP contribution in [0.1, 0.15) is 39.5 Å². The number of nitrogens with zero attached hydrogens (tertiary/aromatic N) is 1. The zero-order valence-electron chi connectivity index (χ0n) is 13.2. The minimum Gasteiger partial charge on any atom is -0.383 e. The largest absolute Gasteiger partial charge is 0.383 e. The molecule has 0 saturated heterocycles. The van der Waals surface area contributed by atoms with Gasteiger partial charge in [-0.1, -0.05) is 13.8 Å². The summed E-state index contributed by atoms with van der Waals surface area (Å²) in [4.78, 5) is 2.69. The van der Waals surface area contributed by atoms with Gasteiger partial charge in [0.2, 0.25) is 0 Å². The normalized spacial score (nSPS) is 35.8. The molecule has 0 spiro atoms. The summed E-state index contributed by atoms with van der Waals surface area (Å²) in [6, 6.07) is 1.54. The number of methoxy groups -OCH3 is 1. The van der Waals surface area contributed by atoms with Gasteiger partial charge >= 0.3 is 0 Å². The van der Waals surface area contributed by atoms with Crippen LogP contribution in [0, 0.1) is 17.8 Å². The van der Waals surface area contributed by atoms with Gasteiger partial charge < -0.3 is 10.1 Å². The Bertz CT molecular complexity index is 267. The van der Waals surface area contributed by atoms with Crippen LogP contribution in [0.4, 0.5) is 0 Å². The van der Waals surface area contributed by atoms with Crippen molar-refractivity contribution in [3.63, 3.8) is 0 Å². The molecule has 0 bridgehead atoms. The first kappa shape index (κ1) is 15.3. The highest BCUT2D eigenvalue weighted by Gasteiger charge is 2.37. The van der Waals surface area contributed by atoms with Crippen molar-refractivity contribution in [1.29, 1.82) is 0 Å². The van der Waals surface area contributed by atoms with Crippen LogP contribution < -0.4 is 5.32 Å². The second-order valence-corrected chi connectivity index (χ2v) is 6.83. The van der Waals surface area contributed by atoms with E-state index in [-0.39, 0.29) is 0 Å². The Labute approximate surface area is 119 Å². The number of nitrogens with one attached hydrogen (secondary N) is 1. The molecule has 4 unspecified atom stereocenters. The number of ether oxygens (including phenoxy) is 1. The molecule has 0 aromatic rings. The van der Waals surface area contributed by atoms with Gasteiger partial charge in [0.15, 0.2) is 0 Å². The third kappa shape index (κ3) is 4.17. The fourth-order valence-corrected chi connectivity index (χ4v) is 3.89. The molecule has 3 nitrogen and oxygen atoms in total. The second kappa shape index (κ2) is 7.05. The summed E-state index contributed by atoms with van der Waals surface area (Å²) in [6.07, 6.45) is 5.52. The van der Waals surface area contributed by atoms with Crippen LogP contribution in [0.2, 0.25) is 0 Å². The maximum absolute atomic E-state index is 5.28. The molecule has 0 aliphatic heterocycles. The molecule has 112 valence electrons. The van der Waals surface area contributed by atoms with Crippen molar-refractivity contribution in [1.82, 2.24) is 10.2 Å². The third-order valence-electron chi connectivity index (χ3n) is 5.14. The Hall–Kier alpha value is -0.120. The van der Waals surface area contributed by atoms with Crippen LogP contribution in [-0.4, -0.2) is 50.8 Å². The van der Waals surface area contributed by atoms with Crippen molar-refractivity contribution in [3.05, 3.63) is 0 Å². The van der Waals surface area contributed by atoms with Crippen molar-refractivity contribution in [2.24, 2.45) is 17.8 Å². The molecular formula is C16H32N2O. The summed E-state index contributed by atoms with van der Waals surface area (Å²) >= 11 is 0. The summed E-state index contributed by atoms with van der Waals surface area (Å²) in [5.41, 5.74) is 0. The van der Waals surface area contributed by atoms with Gasteiger partial charge in [0.25, 0.3) is 0 Å². The van der Waals surface area contributed by atoms with Gasteiger partial charge in [-0.25, -0.2) is 0 Å². The molecule has 0 aromatic heterocycles. The zero-order valence-corrected chi connectivity index (χ0v) is 13.2. The van der Waals surface area contributed by atoms with E-state index in [2.05, 4.69) is 31.1 Å². The molecular weight excluding hydrogens is 236 g/mol. The first-order chi connectivity index (χ1) is 9.15. The zero-order chi connectivity index (χ0) is 13.8. The Balaban J connectivity index is 1.93. The SMILES string of the molecule is CNC1CC(C)CC(C)C1CN(CCOC)C1CC1. The first-order valence-corrected chi connectivity index (χ1v) is 8.06. The Morgan fingerprint density at radius 1 is 1.21 bits per heavy atom. The van der Waals surface area contributed by atoms with Gasteiger partial charge in [0.05, 0.1) is 6.61 Å². The van der Waals surface area contributed by atoms with Gasteiger partial charge in [0.1, 0.15) is 0 Å². The molecule has 2 rings (SSSR count). The summed E-state index contributed by atoms with van der Waals surface area (Å²) in [7, 11) is 3.95. The molecule has 0 radical (unpaired) electrons. The average molecular weight is 268 g/mol. The van der Waals surface area contributed by atoms with Crippen molar-refractivity contribution >= 4 is 0 Å². The number of rotatable bonds is 7. The van der Waals surface area contributed by atoms with Crippen molar-refractivity contribution in [2.45, 2.75) is 51.6 Å². The van der Waals surface area contributed by atoms with E-state index in [1.165, 1.54) is 32.2 Å². The molecule has 4 atom stereocenters. The fraction of sp³-hybridized carbons (Fsp3) is 1.00. The van der Waals surface area contributed by atoms with Crippen LogP contribution in [0.15, 0.2) is 0 Å². The standard InChI is InChI=1S/C16H32N2O/c1-12-9-13(2)15(16(10-12)17-3)11-18(7-8-19-4)14-5-6-14/h12-17H,5-11H2,1-4H3. The highest BCUT2D eigenvalue weighted by atomic mass is 16.5. The highest BCUT2D eigenvalue weighted by molar-refractivity contribution is 4.92. The summed E-state index contributed by atoms with van der Waals surface area (Å²) in [5, 5.41) is 3.58. The third-order valence-corrected chi connectivity index (χ3v) is 5.14. The van der Waals surface area contributed by atoms with Crippen LogP contribution in [0.25, 0.3) is 0 Å². The molecule has 19 heavy (non-hydrogen) atoms. The maximum Gasteiger partial charge on any atom is 0.0589 e. The average Bonchev–Trinajstić information content (AvgIpc) is 3.20. The topological polar surface area (TPSA) is 24.5 Å². The van der Waals surface area contributed by atoms with Crippen LogP contribution in [0.5, 0.6) is 0 Å². The Morgan fingerprint density at radius 3 is 2.53 bits per heavy atom. The molecule has 2 aliphatic rings. The number of hydrogen-bond acceptors (Lipinski definition) is 3. The van der Waals surface area contributed by atoms with E-state index in [0.29, 0.717) is 6.04 Å². The summed E-state index contributed by atoms with van der Waals surface area (Å²) < 4.78 is 5.28. The Morgan fingerprint density at radius 2 is 1.95 bits per heavy atom. The molecule has 2 saturated carbocycles. The minimum absolute atomic E-state index is 0.697. The lowest BCUT2D eigenvalue weighted by Crippen LogP contribution is -2.48. The van der Waals surface area contributed by atoms with E-state index in [1.54, 1.807) is 0 Å². The second-order valence-electron chi connectivity index (χ2n) is 6.83. The molecule has 0 aromatic carbocycles. The van der Waals surface area contributed by atoms with E-state index in [0.717, 1.165) is 36.9 Å². The number of hydrogen-bond donors (Lipinski definition) is 1. The molecule has 0 amide bonds. The highest BCUT2D eigenvalue weighted by Crippen LogP contribution is 2.36. The molecule has 0 heterocycles. The van der Waals surface area contributed by atoms with E-state index < -0.39 is 0 Å². The molecule has 3 heteroatoms. The minimum atomic E-state index is 0.697. The quantitative estimate of drug-likeness (QED) is 0.767. The van der Waals surface area contributed by atoms with Crippen LogP contribution in [-0.2, 0) is 4.74 Å². The van der Waals surface area contributed by atoms with Gasteiger partial charge in [-0.15, -0.1) is 0 Å². The van der Waals surface area contributed by atoms with Crippen molar-refractivity contribution in [2.75, 3.05) is 33.9 Å². The molecule has 2 aliphatic carbocycles. The first-order valence-electron chi connectivity index (χ1n) is 8.06. The van der Waals surface area contributed by atoms with Gasteiger partial charge in [0, 0.05) is 32.3 Å². The smallest absolute Gasteiger partial charge is 0.0589 e.